The first kappa shape index (κ1) is 26.5. The van der Waals surface area contributed by atoms with E-state index < -0.39 is 6.67 Å². The first-order valence-corrected chi connectivity index (χ1v) is 13.3. The summed E-state index contributed by atoms with van der Waals surface area (Å²) in [6, 6.07) is 12.9. The van der Waals surface area contributed by atoms with Crippen LogP contribution in [0.25, 0.3) is 33.7 Å². The average molecular weight is 554 g/mol. The average Bonchev–Trinajstić information content (AvgIpc) is 3.59. The van der Waals surface area contributed by atoms with Crippen LogP contribution in [0.5, 0.6) is 0 Å². The van der Waals surface area contributed by atoms with Crippen molar-refractivity contribution in [3.8, 4) is 28.7 Å². The van der Waals surface area contributed by atoms with Gasteiger partial charge in [0.25, 0.3) is 5.56 Å². The first-order valence-electron chi connectivity index (χ1n) is 13.3. The van der Waals surface area contributed by atoms with E-state index in [1.54, 1.807) is 31.4 Å². The highest BCUT2D eigenvalue weighted by atomic mass is 19.1. The highest BCUT2D eigenvalue weighted by Crippen LogP contribution is 2.41. The molecule has 0 amide bonds. The number of alkyl halides is 1. The molecule has 1 aromatic carbocycles. The number of halogens is 1. The quantitative estimate of drug-likeness (QED) is 0.267. The van der Waals surface area contributed by atoms with Crippen LogP contribution in [0.1, 0.15) is 48.3 Å². The second-order valence-corrected chi connectivity index (χ2v) is 10.2. The molecule has 1 atom stereocenters. The van der Waals surface area contributed by atoms with E-state index in [0.717, 1.165) is 29.8 Å². The minimum Gasteiger partial charge on any atom is -0.380 e. The number of aromatic amines is 1. The molecule has 0 bridgehead atoms. The van der Waals surface area contributed by atoms with Crippen molar-refractivity contribution in [1.82, 2.24) is 39.8 Å². The fourth-order valence-corrected chi connectivity index (χ4v) is 4.78. The van der Waals surface area contributed by atoms with Crippen LogP contribution in [0.15, 0.2) is 53.7 Å². The second kappa shape index (κ2) is 11.0. The fraction of sp³-hybridized carbons (Fsp3) is 0.310. The molecule has 12 heteroatoms. The van der Waals surface area contributed by atoms with Gasteiger partial charge in [-0.05, 0) is 55.7 Å². The molecule has 0 radical (unpaired) electrons. The Morgan fingerprint density at radius 2 is 2.12 bits per heavy atom. The number of H-pyrrole nitrogens is 1. The molecule has 1 aliphatic rings. The zero-order valence-corrected chi connectivity index (χ0v) is 22.6. The van der Waals surface area contributed by atoms with Crippen molar-refractivity contribution < 1.29 is 9.13 Å². The molecule has 41 heavy (non-hydrogen) atoms. The van der Waals surface area contributed by atoms with Crippen LogP contribution >= 0.6 is 0 Å². The van der Waals surface area contributed by atoms with Gasteiger partial charge in [0.1, 0.15) is 24.3 Å². The van der Waals surface area contributed by atoms with Gasteiger partial charge in [0, 0.05) is 43.1 Å². The number of methoxy groups -OCH3 is 1. The zero-order valence-electron chi connectivity index (χ0n) is 22.6. The minimum absolute atomic E-state index is 0.0680. The first-order chi connectivity index (χ1) is 20.0. The summed E-state index contributed by atoms with van der Waals surface area (Å²) in [7, 11) is 1.66. The van der Waals surface area contributed by atoms with Crippen LogP contribution in [0.2, 0.25) is 0 Å². The number of hydrogen-bond donors (Lipinski definition) is 2. The van der Waals surface area contributed by atoms with Crippen LogP contribution in [-0.2, 0) is 18.0 Å². The lowest BCUT2D eigenvalue weighted by atomic mass is 10.0. The summed E-state index contributed by atoms with van der Waals surface area (Å²) in [5, 5.41) is 20.8. The monoisotopic (exact) mass is 553 g/mol. The third kappa shape index (κ3) is 5.25. The van der Waals surface area contributed by atoms with E-state index >= 15 is 0 Å². The smallest absolute Gasteiger partial charge is 0.283 e. The molecule has 4 heterocycles. The fourth-order valence-electron chi connectivity index (χ4n) is 4.78. The van der Waals surface area contributed by atoms with E-state index in [1.807, 2.05) is 19.1 Å². The molecule has 1 fully saturated rings. The summed E-state index contributed by atoms with van der Waals surface area (Å²) in [6.07, 6.45) is 4.93. The van der Waals surface area contributed by atoms with Gasteiger partial charge in [0.2, 0.25) is 0 Å². The standard InChI is InChI=1S/C29H28FN9O2/c1-17(41-2)13-32-14-21-10-25-28(35-21)29(40)38(16-33-25)27-9-20(8-24(36-27)19-4-5-19)23-6-3-18(12-31)7-26(23)39-22(11-30)15-34-37-39/h3,6-10,15-17,19,32,35H,4-5,11,13-14H2,1-2H3/t17-/m0/s1. The van der Waals surface area contributed by atoms with Gasteiger partial charge in [-0.3, -0.25) is 4.79 Å². The van der Waals surface area contributed by atoms with Crippen molar-refractivity contribution in [2.24, 2.45) is 0 Å². The summed E-state index contributed by atoms with van der Waals surface area (Å²) in [5.41, 5.74) is 5.02. The molecule has 0 unspecified atom stereocenters. The number of aromatic nitrogens is 7. The van der Waals surface area contributed by atoms with E-state index in [9.17, 15) is 14.4 Å². The van der Waals surface area contributed by atoms with Crippen molar-refractivity contribution in [3.05, 3.63) is 81.9 Å². The largest absolute Gasteiger partial charge is 0.380 e. The maximum Gasteiger partial charge on any atom is 0.283 e. The third-order valence-electron chi connectivity index (χ3n) is 7.24. The Morgan fingerprint density at radius 3 is 2.88 bits per heavy atom. The number of nitrogens with zero attached hydrogens (tertiary/aromatic N) is 7. The minimum atomic E-state index is -0.766. The number of nitriles is 1. The predicted molar refractivity (Wildman–Crippen MR) is 150 cm³/mol. The summed E-state index contributed by atoms with van der Waals surface area (Å²) in [6.45, 7) is 2.41. The molecular formula is C29H28FN9O2. The molecule has 2 N–H and O–H groups in total. The molecule has 6 rings (SSSR count). The Labute approximate surface area is 234 Å². The van der Waals surface area contributed by atoms with Crippen molar-refractivity contribution in [2.45, 2.75) is 45.0 Å². The van der Waals surface area contributed by atoms with E-state index in [-0.39, 0.29) is 23.3 Å². The molecule has 1 aliphatic carbocycles. The molecule has 0 saturated heterocycles. The Kier molecular flexibility index (Phi) is 7.13. The summed E-state index contributed by atoms with van der Waals surface area (Å²) >= 11 is 0. The van der Waals surface area contributed by atoms with E-state index in [0.29, 0.717) is 46.8 Å². The van der Waals surface area contributed by atoms with Crippen molar-refractivity contribution in [3.63, 3.8) is 0 Å². The molecule has 0 aliphatic heterocycles. The van der Waals surface area contributed by atoms with Crippen molar-refractivity contribution >= 4 is 11.0 Å². The number of ether oxygens (including phenoxy) is 1. The van der Waals surface area contributed by atoms with Crippen LogP contribution in [0.3, 0.4) is 0 Å². The van der Waals surface area contributed by atoms with Gasteiger partial charge >= 0.3 is 0 Å². The van der Waals surface area contributed by atoms with Crippen LogP contribution in [0, 0.1) is 11.3 Å². The SMILES string of the molecule is CO[C@@H](C)CNCc1cc2ncn(-c3cc(-c4ccc(C#N)cc4-n4nncc4CF)cc(C4CC4)n3)c(=O)c2[nH]1. The van der Waals surface area contributed by atoms with Gasteiger partial charge in [0.05, 0.1) is 40.8 Å². The van der Waals surface area contributed by atoms with Gasteiger partial charge in [-0.2, -0.15) is 5.26 Å². The zero-order chi connectivity index (χ0) is 28.5. The summed E-state index contributed by atoms with van der Waals surface area (Å²) in [5.74, 6) is 0.708. The Balaban J connectivity index is 1.44. The lowest BCUT2D eigenvalue weighted by Gasteiger charge is -2.14. The lowest BCUT2D eigenvalue weighted by molar-refractivity contribution is 0.117. The predicted octanol–water partition coefficient (Wildman–Crippen LogP) is 3.70. The van der Waals surface area contributed by atoms with Gasteiger partial charge in [-0.15, -0.1) is 5.10 Å². The highest BCUT2D eigenvalue weighted by Gasteiger charge is 2.27. The number of benzene rings is 1. The number of nitrogens with one attached hydrogen (secondary N) is 2. The highest BCUT2D eigenvalue weighted by molar-refractivity contribution is 5.77. The van der Waals surface area contributed by atoms with Crippen LogP contribution < -0.4 is 10.9 Å². The van der Waals surface area contributed by atoms with E-state index in [4.69, 9.17) is 9.72 Å². The normalized spacial score (nSPS) is 13.9. The van der Waals surface area contributed by atoms with Crippen molar-refractivity contribution in [2.75, 3.05) is 13.7 Å². The Morgan fingerprint density at radius 1 is 1.27 bits per heavy atom. The van der Waals surface area contributed by atoms with Gasteiger partial charge in [0.15, 0.2) is 0 Å². The number of rotatable bonds is 10. The van der Waals surface area contributed by atoms with E-state index in [2.05, 4.69) is 31.7 Å². The molecule has 1 saturated carbocycles. The van der Waals surface area contributed by atoms with Crippen LogP contribution in [0.4, 0.5) is 4.39 Å². The molecule has 4 aromatic heterocycles. The molecule has 11 nitrogen and oxygen atoms in total. The van der Waals surface area contributed by atoms with E-state index in [1.165, 1.54) is 21.8 Å². The van der Waals surface area contributed by atoms with Crippen molar-refractivity contribution in [1.29, 1.82) is 5.26 Å². The molecule has 0 spiro atoms. The van der Waals surface area contributed by atoms with Gasteiger partial charge < -0.3 is 15.0 Å². The summed E-state index contributed by atoms with van der Waals surface area (Å²) < 4.78 is 21.8. The number of fused-ring (bicyclic) bond motifs is 1. The molecule has 208 valence electrons. The Hall–Kier alpha value is -4.73. The second-order valence-electron chi connectivity index (χ2n) is 10.2. The number of pyridine rings is 1. The molecule has 5 aromatic rings. The maximum absolute atomic E-state index is 13.7. The lowest BCUT2D eigenvalue weighted by Crippen LogP contribution is -2.25. The summed E-state index contributed by atoms with van der Waals surface area (Å²) in [4.78, 5) is 26.2. The molecular weight excluding hydrogens is 525 g/mol. The van der Waals surface area contributed by atoms with Crippen LogP contribution in [-0.4, -0.2) is 54.3 Å². The third-order valence-corrected chi connectivity index (χ3v) is 7.24. The van der Waals surface area contributed by atoms with Gasteiger partial charge in [-0.25, -0.2) is 23.6 Å². The maximum atomic E-state index is 13.7. The topological polar surface area (TPSA) is 139 Å². The number of hydrogen-bond acceptors (Lipinski definition) is 8. The van der Waals surface area contributed by atoms with Gasteiger partial charge in [-0.1, -0.05) is 11.3 Å². The Bertz CT molecular complexity index is 1830.